The van der Waals surface area contributed by atoms with Crippen LogP contribution in [0, 0.1) is 19.8 Å². The van der Waals surface area contributed by atoms with Crippen LogP contribution in [0.2, 0.25) is 0 Å². The Balaban J connectivity index is 2.09. The number of benzene rings is 1. The van der Waals surface area contributed by atoms with Gasteiger partial charge in [0, 0.05) is 11.7 Å². The Morgan fingerprint density at radius 2 is 2.17 bits per heavy atom. The number of rotatable bonds is 2. The Bertz CT molecular complexity index is 442. The minimum atomic E-state index is 0.0821. The minimum absolute atomic E-state index is 0.0821. The lowest BCUT2D eigenvalue weighted by Gasteiger charge is -2.29. The van der Waals surface area contributed by atoms with Gasteiger partial charge in [-0.3, -0.25) is 4.79 Å². The summed E-state index contributed by atoms with van der Waals surface area (Å²) in [5, 5.41) is 6.44. The van der Waals surface area contributed by atoms with E-state index in [1.165, 1.54) is 5.56 Å². The molecule has 3 heteroatoms. The predicted molar refractivity (Wildman–Crippen MR) is 74.7 cm³/mol. The first-order valence-electron chi connectivity index (χ1n) is 6.70. The zero-order chi connectivity index (χ0) is 13.1. The molecule has 3 nitrogen and oxygen atoms in total. The fraction of sp³-hybridized carbons (Fsp3) is 0.533. The van der Waals surface area contributed by atoms with Crippen LogP contribution in [0.5, 0.6) is 0 Å². The van der Waals surface area contributed by atoms with E-state index in [9.17, 15) is 4.79 Å². The molecule has 1 fully saturated rings. The number of anilines is 1. The van der Waals surface area contributed by atoms with Crippen LogP contribution in [0.15, 0.2) is 18.2 Å². The molecular weight excluding hydrogens is 224 g/mol. The Morgan fingerprint density at radius 3 is 2.89 bits per heavy atom. The van der Waals surface area contributed by atoms with E-state index in [0.29, 0.717) is 0 Å². The Labute approximate surface area is 109 Å². The van der Waals surface area contributed by atoms with Crippen LogP contribution in [0.3, 0.4) is 0 Å². The van der Waals surface area contributed by atoms with Crippen LogP contribution in [0.4, 0.5) is 5.69 Å². The molecule has 18 heavy (non-hydrogen) atoms. The van der Waals surface area contributed by atoms with Gasteiger partial charge in [-0.25, -0.2) is 0 Å². The van der Waals surface area contributed by atoms with Crippen molar-refractivity contribution in [3.05, 3.63) is 29.3 Å². The van der Waals surface area contributed by atoms with Crippen molar-refractivity contribution < 1.29 is 4.79 Å². The molecule has 0 radical (unpaired) electrons. The molecule has 1 saturated heterocycles. The second kappa shape index (κ2) is 5.53. The molecule has 2 N–H and O–H groups in total. The van der Waals surface area contributed by atoms with E-state index >= 15 is 0 Å². The lowest BCUT2D eigenvalue weighted by atomic mass is 9.91. The van der Waals surface area contributed by atoms with Gasteiger partial charge in [-0.2, -0.15) is 0 Å². The van der Waals surface area contributed by atoms with Gasteiger partial charge in [0.1, 0.15) is 0 Å². The molecule has 1 aromatic rings. The third-order valence-electron chi connectivity index (χ3n) is 3.96. The fourth-order valence-electron chi connectivity index (χ4n) is 2.51. The summed E-state index contributed by atoms with van der Waals surface area (Å²) in [6.45, 7) is 7.23. The van der Waals surface area contributed by atoms with Crippen LogP contribution < -0.4 is 10.6 Å². The van der Waals surface area contributed by atoms with Crippen LogP contribution >= 0.6 is 0 Å². The normalized spacial score (nSPS) is 23.7. The van der Waals surface area contributed by atoms with Gasteiger partial charge >= 0.3 is 0 Å². The van der Waals surface area contributed by atoms with Crippen LogP contribution in [-0.2, 0) is 4.79 Å². The standard InChI is InChI=1S/C15H22N2O/c1-10-6-4-8-14(11(10)2)17-15(18)13-7-5-9-16-12(13)3/h4,6,8,12-13,16H,5,7,9H2,1-3H3,(H,17,18). The smallest absolute Gasteiger partial charge is 0.229 e. The number of amides is 1. The molecule has 1 aromatic carbocycles. The van der Waals surface area contributed by atoms with Gasteiger partial charge in [-0.05, 0) is 57.4 Å². The Hall–Kier alpha value is -1.35. The van der Waals surface area contributed by atoms with Crippen LogP contribution in [-0.4, -0.2) is 18.5 Å². The van der Waals surface area contributed by atoms with Gasteiger partial charge in [0.2, 0.25) is 5.91 Å². The molecule has 1 aliphatic rings. The quantitative estimate of drug-likeness (QED) is 0.842. The number of piperidine rings is 1. The zero-order valence-corrected chi connectivity index (χ0v) is 11.4. The maximum atomic E-state index is 12.3. The molecule has 0 saturated carbocycles. The zero-order valence-electron chi connectivity index (χ0n) is 11.4. The summed E-state index contributed by atoms with van der Waals surface area (Å²) in [4.78, 5) is 12.3. The van der Waals surface area contributed by atoms with Crippen molar-refractivity contribution >= 4 is 11.6 Å². The lowest BCUT2D eigenvalue weighted by Crippen LogP contribution is -2.44. The highest BCUT2D eigenvalue weighted by molar-refractivity contribution is 5.93. The average molecular weight is 246 g/mol. The summed E-state index contributed by atoms with van der Waals surface area (Å²) in [6, 6.07) is 6.29. The van der Waals surface area contributed by atoms with E-state index < -0.39 is 0 Å². The first-order valence-corrected chi connectivity index (χ1v) is 6.70. The molecule has 98 valence electrons. The summed E-state index contributed by atoms with van der Waals surface area (Å²) in [6.07, 6.45) is 2.06. The summed E-state index contributed by atoms with van der Waals surface area (Å²) >= 11 is 0. The molecule has 0 bridgehead atoms. The molecule has 2 atom stereocenters. The number of hydrogen-bond donors (Lipinski definition) is 2. The number of aryl methyl sites for hydroxylation is 1. The van der Waals surface area contributed by atoms with E-state index in [2.05, 4.69) is 30.5 Å². The molecule has 2 rings (SSSR count). The SMILES string of the molecule is Cc1cccc(NC(=O)C2CCCNC2C)c1C. The van der Waals surface area contributed by atoms with E-state index in [4.69, 9.17) is 0 Å². The van der Waals surface area contributed by atoms with Crippen molar-refractivity contribution in [1.82, 2.24) is 5.32 Å². The van der Waals surface area contributed by atoms with Crippen LogP contribution in [0.1, 0.15) is 30.9 Å². The van der Waals surface area contributed by atoms with Gasteiger partial charge in [-0.15, -0.1) is 0 Å². The lowest BCUT2D eigenvalue weighted by molar-refractivity contribution is -0.121. The topological polar surface area (TPSA) is 41.1 Å². The predicted octanol–water partition coefficient (Wildman–Crippen LogP) is 2.63. The summed E-state index contributed by atoms with van der Waals surface area (Å²) in [5.41, 5.74) is 3.31. The molecule has 2 unspecified atom stereocenters. The van der Waals surface area contributed by atoms with Gasteiger partial charge in [0.15, 0.2) is 0 Å². The number of carbonyl (C=O) groups is 1. The highest BCUT2D eigenvalue weighted by Crippen LogP contribution is 2.22. The van der Waals surface area contributed by atoms with Gasteiger partial charge in [0.05, 0.1) is 5.92 Å². The third-order valence-corrected chi connectivity index (χ3v) is 3.96. The molecule has 1 heterocycles. The van der Waals surface area contributed by atoms with Gasteiger partial charge in [0.25, 0.3) is 0 Å². The maximum Gasteiger partial charge on any atom is 0.229 e. The summed E-state index contributed by atoms with van der Waals surface area (Å²) < 4.78 is 0. The first kappa shape index (κ1) is 13.1. The minimum Gasteiger partial charge on any atom is -0.326 e. The van der Waals surface area contributed by atoms with E-state index in [0.717, 1.165) is 30.6 Å². The second-order valence-electron chi connectivity index (χ2n) is 5.23. The molecular formula is C15H22N2O. The number of nitrogens with one attached hydrogen (secondary N) is 2. The van der Waals surface area contributed by atoms with Gasteiger partial charge in [-0.1, -0.05) is 12.1 Å². The molecule has 1 aliphatic heterocycles. The third kappa shape index (κ3) is 2.72. The summed E-state index contributed by atoms with van der Waals surface area (Å²) in [5.74, 6) is 0.224. The van der Waals surface area contributed by atoms with Crippen molar-refractivity contribution in [2.45, 2.75) is 39.7 Å². The maximum absolute atomic E-state index is 12.3. The molecule has 1 amide bonds. The van der Waals surface area contributed by atoms with Crippen molar-refractivity contribution in [1.29, 1.82) is 0 Å². The van der Waals surface area contributed by atoms with E-state index in [1.807, 2.05) is 19.1 Å². The molecule has 0 aromatic heterocycles. The number of carbonyl (C=O) groups excluding carboxylic acids is 1. The highest BCUT2D eigenvalue weighted by atomic mass is 16.1. The Kier molecular flexibility index (Phi) is 4.02. The van der Waals surface area contributed by atoms with Crippen molar-refractivity contribution in [3.63, 3.8) is 0 Å². The fourth-order valence-corrected chi connectivity index (χ4v) is 2.51. The van der Waals surface area contributed by atoms with Crippen LogP contribution in [0.25, 0.3) is 0 Å². The van der Waals surface area contributed by atoms with Crippen molar-refractivity contribution in [2.75, 3.05) is 11.9 Å². The molecule has 0 aliphatic carbocycles. The Morgan fingerprint density at radius 1 is 1.39 bits per heavy atom. The highest BCUT2D eigenvalue weighted by Gasteiger charge is 2.27. The second-order valence-corrected chi connectivity index (χ2v) is 5.23. The largest absolute Gasteiger partial charge is 0.326 e. The first-order chi connectivity index (χ1) is 8.59. The molecule has 0 spiro atoms. The average Bonchev–Trinajstić information content (AvgIpc) is 2.35. The van der Waals surface area contributed by atoms with Gasteiger partial charge < -0.3 is 10.6 Å². The number of hydrogen-bond acceptors (Lipinski definition) is 2. The van der Waals surface area contributed by atoms with Crippen molar-refractivity contribution in [3.8, 4) is 0 Å². The van der Waals surface area contributed by atoms with Crippen molar-refractivity contribution in [2.24, 2.45) is 5.92 Å². The monoisotopic (exact) mass is 246 g/mol. The van der Waals surface area contributed by atoms with E-state index in [1.54, 1.807) is 0 Å². The van der Waals surface area contributed by atoms with E-state index in [-0.39, 0.29) is 17.9 Å². The summed E-state index contributed by atoms with van der Waals surface area (Å²) in [7, 11) is 0.